The average Bonchev–Trinajstić information content (AvgIpc) is 3.10. The minimum atomic E-state index is -0.132. The maximum Gasteiger partial charge on any atom is 0.277 e. The largest absolute Gasteiger partial charge is 0.494 e. The molecule has 0 radical (unpaired) electrons. The zero-order chi connectivity index (χ0) is 18.2. The molecule has 2 heterocycles. The molecule has 1 amide bonds. The number of morpholine rings is 1. The Labute approximate surface area is 156 Å². The van der Waals surface area contributed by atoms with Crippen LogP contribution in [0.15, 0.2) is 33.9 Å². The number of hydrogen-bond acceptors (Lipinski definition) is 8. The summed E-state index contributed by atoms with van der Waals surface area (Å²) in [5.74, 6) is 1.40. The first-order valence-electron chi connectivity index (χ1n) is 8.51. The SMILES string of the molecule is CCOc1ccc(NC(=O)CSc2nnc(CN3CCOCC3)o2)cc1. The molecule has 1 aromatic carbocycles. The van der Waals surface area contributed by atoms with E-state index in [1.54, 1.807) is 12.1 Å². The number of aromatic nitrogens is 2. The molecule has 9 heteroatoms. The second-order valence-corrected chi connectivity index (χ2v) is 6.57. The van der Waals surface area contributed by atoms with E-state index in [-0.39, 0.29) is 11.7 Å². The molecule has 1 N–H and O–H groups in total. The Morgan fingerprint density at radius 3 is 2.77 bits per heavy atom. The van der Waals surface area contributed by atoms with Crippen molar-refractivity contribution in [2.75, 3.05) is 44.0 Å². The van der Waals surface area contributed by atoms with Crippen LogP contribution >= 0.6 is 11.8 Å². The number of amides is 1. The van der Waals surface area contributed by atoms with Crippen LogP contribution < -0.4 is 10.1 Å². The third-order valence-electron chi connectivity index (χ3n) is 3.69. The van der Waals surface area contributed by atoms with Crippen LogP contribution in [-0.4, -0.2) is 59.7 Å². The van der Waals surface area contributed by atoms with Gasteiger partial charge in [-0.3, -0.25) is 9.69 Å². The Bertz CT molecular complexity index is 701. The Hall–Kier alpha value is -2.10. The van der Waals surface area contributed by atoms with Crippen molar-refractivity contribution in [3.8, 4) is 5.75 Å². The van der Waals surface area contributed by atoms with Crippen molar-refractivity contribution in [1.82, 2.24) is 15.1 Å². The molecular formula is C17H22N4O4S. The fourth-order valence-electron chi connectivity index (χ4n) is 2.44. The van der Waals surface area contributed by atoms with Gasteiger partial charge in [0.05, 0.1) is 32.1 Å². The summed E-state index contributed by atoms with van der Waals surface area (Å²) in [5, 5.41) is 11.2. The molecule has 26 heavy (non-hydrogen) atoms. The van der Waals surface area contributed by atoms with Gasteiger partial charge in [0, 0.05) is 18.8 Å². The van der Waals surface area contributed by atoms with Gasteiger partial charge >= 0.3 is 0 Å². The molecule has 0 atom stereocenters. The van der Waals surface area contributed by atoms with Crippen LogP contribution in [0.1, 0.15) is 12.8 Å². The standard InChI is InChI=1S/C17H22N4O4S/c1-2-24-14-5-3-13(4-6-14)18-15(22)12-26-17-20-19-16(25-17)11-21-7-9-23-10-8-21/h3-6H,2,7-12H2,1H3,(H,18,22). The van der Waals surface area contributed by atoms with E-state index in [4.69, 9.17) is 13.9 Å². The third-order valence-corrected chi connectivity index (χ3v) is 4.51. The number of anilines is 1. The first-order valence-corrected chi connectivity index (χ1v) is 9.49. The summed E-state index contributed by atoms with van der Waals surface area (Å²) < 4.78 is 16.3. The highest BCUT2D eigenvalue weighted by molar-refractivity contribution is 7.99. The number of nitrogens with one attached hydrogen (secondary N) is 1. The molecule has 1 saturated heterocycles. The molecule has 3 rings (SSSR count). The fourth-order valence-corrected chi connectivity index (χ4v) is 3.02. The predicted molar refractivity (Wildman–Crippen MR) is 97.4 cm³/mol. The van der Waals surface area contributed by atoms with Crippen LogP contribution in [0.2, 0.25) is 0 Å². The van der Waals surface area contributed by atoms with Gasteiger partial charge in [-0.05, 0) is 31.2 Å². The van der Waals surface area contributed by atoms with E-state index in [1.807, 2.05) is 19.1 Å². The summed E-state index contributed by atoms with van der Waals surface area (Å²) in [6.07, 6.45) is 0. The zero-order valence-electron chi connectivity index (χ0n) is 14.6. The minimum Gasteiger partial charge on any atom is -0.494 e. The van der Waals surface area contributed by atoms with Gasteiger partial charge in [0.1, 0.15) is 5.75 Å². The lowest BCUT2D eigenvalue weighted by molar-refractivity contribution is -0.113. The van der Waals surface area contributed by atoms with Gasteiger partial charge in [0.2, 0.25) is 11.8 Å². The molecule has 1 fully saturated rings. The molecule has 140 valence electrons. The summed E-state index contributed by atoms with van der Waals surface area (Å²) in [6.45, 7) is 6.31. The van der Waals surface area contributed by atoms with Crippen LogP contribution in [0.25, 0.3) is 0 Å². The molecular weight excluding hydrogens is 356 g/mol. The Balaban J connectivity index is 1.42. The molecule has 1 aliphatic rings. The Morgan fingerprint density at radius 2 is 2.04 bits per heavy atom. The van der Waals surface area contributed by atoms with Crippen LogP contribution in [0.5, 0.6) is 5.75 Å². The van der Waals surface area contributed by atoms with Gasteiger partial charge in [-0.25, -0.2) is 0 Å². The van der Waals surface area contributed by atoms with Gasteiger partial charge in [-0.15, -0.1) is 10.2 Å². The number of ether oxygens (including phenoxy) is 2. The molecule has 1 aromatic heterocycles. The van der Waals surface area contributed by atoms with E-state index in [1.165, 1.54) is 11.8 Å². The summed E-state index contributed by atoms with van der Waals surface area (Å²) >= 11 is 1.22. The molecule has 8 nitrogen and oxygen atoms in total. The van der Waals surface area contributed by atoms with Crippen molar-refractivity contribution in [2.45, 2.75) is 18.7 Å². The first-order chi connectivity index (χ1) is 12.7. The smallest absolute Gasteiger partial charge is 0.277 e. The summed E-state index contributed by atoms with van der Waals surface area (Å²) in [5.41, 5.74) is 0.720. The lowest BCUT2D eigenvalue weighted by atomic mass is 10.3. The second-order valence-electron chi connectivity index (χ2n) is 5.64. The van der Waals surface area contributed by atoms with Crippen LogP contribution in [-0.2, 0) is 16.1 Å². The highest BCUT2D eigenvalue weighted by Gasteiger charge is 2.15. The molecule has 0 saturated carbocycles. The monoisotopic (exact) mass is 378 g/mol. The number of rotatable bonds is 8. The molecule has 2 aromatic rings. The van der Waals surface area contributed by atoms with E-state index in [9.17, 15) is 4.79 Å². The highest BCUT2D eigenvalue weighted by Crippen LogP contribution is 2.19. The van der Waals surface area contributed by atoms with Crippen LogP contribution in [0, 0.1) is 0 Å². The number of carbonyl (C=O) groups excluding carboxylic acids is 1. The topological polar surface area (TPSA) is 89.7 Å². The number of benzene rings is 1. The average molecular weight is 378 g/mol. The van der Waals surface area contributed by atoms with Gasteiger partial charge in [0.25, 0.3) is 5.22 Å². The maximum absolute atomic E-state index is 12.0. The van der Waals surface area contributed by atoms with Crippen molar-refractivity contribution in [2.24, 2.45) is 0 Å². The van der Waals surface area contributed by atoms with E-state index < -0.39 is 0 Å². The van der Waals surface area contributed by atoms with Crippen molar-refractivity contribution in [3.05, 3.63) is 30.2 Å². The van der Waals surface area contributed by atoms with Crippen LogP contribution in [0.4, 0.5) is 5.69 Å². The summed E-state index contributed by atoms with van der Waals surface area (Å²) in [7, 11) is 0. The maximum atomic E-state index is 12.0. The molecule has 1 aliphatic heterocycles. The van der Waals surface area contributed by atoms with Gasteiger partial charge in [0.15, 0.2) is 0 Å². The minimum absolute atomic E-state index is 0.132. The number of hydrogen-bond donors (Lipinski definition) is 1. The zero-order valence-corrected chi connectivity index (χ0v) is 15.5. The van der Waals surface area contributed by atoms with Gasteiger partial charge < -0.3 is 19.2 Å². The van der Waals surface area contributed by atoms with Crippen molar-refractivity contribution >= 4 is 23.4 Å². The molecule has 0 bridgehead atoms. The number of nitrogens with zero attached hydrogens (tertiary/aromatic N) is 3. The van der Waals surface area contributed by atoms with Gasteiger partial charge in [-0.1, -0.05) is 11.8 Å². The highest BCUT2D eigenvalue weighted by atomic mass is 32.2. The molecule has 0 spiro atoms. The van der Waals surface area contributed by atoms with Crippen molar-refractivity contribution in [3.63, 3.8) is 0 Å². The lowest BCUT2D eigenvalue weighted by Crippen LogP contribution is -2.35. The second kappa shape index (κ2) is 9.56. The summed E-state index contributed by atoms with van der Waals surface area (Å²) in [4.78, 5) is 14.2. The van der Waals surface area contributed by atoms with E-state index in [2.05, 4.69) is 20.4 Å². The van der Waals surface area contributed by atoms with E-state index in [0.717, 1.165) is 37.7 Å². The lowest BCUT2D eigenvalue weighted by Gasteiger charge is -2.24. The van der Waals surface area contributed by atoms with Gasteiger partial charge in [-0.2, -0.15) is 0 Å². The van der Waals surface area contributed by atoms with Crippen LogP contribution in [0.3, 0.4) is 0 Å². The normalized spacial score (nSPS) is 15.0. The molecule has 0 aliphatic carbocycles. The predicted octanol–water partition coefficient (Wildman–Crippen LogP) is 2.03. The fraction of sp³-hybridized carbons (Fsp3) is 0.471. The van der Waals surface area contributed by atoms with E-state index >= 15 is 0 Å². The Kier molecular flexibility index (Phi) is 6.87. The first kappa shape index (κ1) is 18.7. The van der Waals surface area contributed by atoms with E-state index in [0.29, 0.717) is 24.3 Å². The Morgan fingerprint density at radius 1 is 1.27 bits per heavy atom. The van der Waals surface area contributed by atoms with Crippen molar-refractivity contribution < 1.29 is 18.7 Å². The quantitative estimate of drug-likeness (QED) is 0.698. The van der Waals surface area contributed by atoms with Crippen molar-refractivity contribution in [1.29, 1.82) is 0 Å². The molecule has 0 unspecified atom stereocenters. The third kappa shape index (κ3) is 5.72. The summed E-state index contributed by atoms with van der Waals surface area (Å²) in [6, 6.07) is 7.26. The number of thioether (sulfide) groups is 1. The number of carbonyl (C=O) groups is 1.